The molecule has 0 N–H and O–H groups in total. The molecule has 0 aliphatic rings. The summed E-state index contributed by atoms with van der Waals surface area (Å²) in [5, 5.41) is 0. The van der Waals surface area contributed by atoms with Crippen molar-refractivity contribution in [2.45, 2.75) is 60.4 Å². The van der Waals surface area contributed by atoms with E-state index in [2.05, 4.69) is 34.6 Å². The smallest absolute Gasteiger partial charge is 0.242 e. The van der Waals surface area contributed by atoms with E-state index in [-0.39, 0.29) is 18.4 Å². The molecule has 148 valence electrons. The SMILES string of the molecule is CCCCC(=O)N(CC(=O)N(Cc1cccn1C)CC(C)C)CC(C)C. The summed E-state index contributed by atoms with van der Waals surface area (Å²) in [6.07, 6.45) is 4.38. The van der Waals surface area contributed by atoms with E-state index in [9.17, 15) is 9.59 Å². The van der Waals surface area contributed by atoms with Crippen molar-refractivity contribution < 1.29 is 9.59 Å². The maximum atomic E-state index is 13.0. The molecule has 1 aromatic rings. The number of hydrogen-bond donors (Lipinski definition) is 0. The van der Waals surface area contributed by atoms with Gasteiger partial charge in [-0.1, -0.05) is 41.0 Å². The summed E-state index contributed by atoms with van der Waals surface area (Å²) in [4.78, 5) is 29.2. The second kappa shape index (κ2) is 11.0. The Bertz CT molecular complexity index is 563. The van der Waals surface area contributed by atoms with E-state index in [1.807, 2.05) is 34.8 Å². The summed E-state index contributed by atoms with van der Waals surface area (Å²) in [5.41, 5.74) is 1.10. The molecule has 1 heterocycles. The number of hydrogen-bond acceptors (Lipinski definition) is 2. The maximum Gasteiger partial charge on any atom is 0.242 e. The molecule has 2 amide bonds. The first kappa shape index (κ1) is 22.3. The molecule has 0 radical (unpaired) electrons. The zero-order valence-corrected chi connectivity index (χ0v) is 17.5. The molecule has 0 aromatic carbocycles. The molecule has 0 fully saturated rings. The Kier molecular flexibility index (Phi) is 9.46. The van der Waals surface area contributed by atoms with E-state index in [1.54, 1.807) is 4.90 Å². The highest BCUT2D eigenvalue weighted by molar-refractivity contribution is 5.84. The van der Waals surface area contributed by atoms with Gasteiger partial charge in [-0.05, 0) is 30.4 Å². The van der Waals surface area contributed by atoms with Crippen LogP contribution in [0.3, 0.4) is 0 Å². The van der Waals surface area contributed by atoms with E-state index < -0.39 is 0 Å². The first-order valence-corrected chi connectivity index (χ1v) is 9.90. The van der Waals surface area contributed by atoms with Gasteiger partial charge in [0.2, 0.25) is 11.8 Å². The van der Waals surface area contributed by atoms with E-state index in [4.69, 9.17) is 0 Å². The third-order valence-corrected chi connectivity index (χ3v) is 4.35. The standard InChI is InChI=1S/C21H37N3O2/c1-7-8-11-20(25)24(14-18(4)5)16-21(26)23(13-17(2)3)15-19-10-9-12-22(19)6/h9-10,12,17-18H,7-8,11,13-16H2,1-6H3. The van der Waals surface area contributed by atoms with Crippen LogP contribution in [0.25, 0.3) is 0 Å². The van der Waals surface area contributed by atoms with Crippen LogP contribution in [-0.4, -0.2) is 45.8 Å². The highest BCUT2D eigenvalue weighted by Crippen LogP contribution is 2.11. The lowest BCUT2D eigenvalue weighted by Crippen LogP contribution is -2.45. The first-order chi connectivity index (χ1) is 12.2. The number of carbonyl (C=O) groups excluding carboxylic acids is 2. The number of aromatic nitrogens is 1. The van der Waals surface area contributed by atoms with Gasteiger partial charge in [-0.2, -0.15) is 0 Å². The van der Waals surface area contributed by atoms with Crippen molar-refractivity contribution in [1.29, 1.82) is 0 Å². The van der Waals surface area contributed by atoms with Gasteiger partial charge in [0.1, 0.15) is 0 Å². The van der Waals surface area contributed by atoms with Gasteiger partial charge in [-0.15, -0.1) is 0 Å². The Labute approximate surface area is 159 Å². The van der Waals surface area contributed by atoms with Gasteiger partial charge in [0, 0.05) is 38.4 Å². The average molecular weight is 364 g/mol. The van der Waals surface area contributed by atoms with Crippen molar-refractivity contribution >= 4 is 11.8 Å². The fraction of sp³-hybridized carbons (Fsp3) is 0.714. The average Bonchev–Trinajstić information content (AvgIpc) is 2.95. The van der Waals surface area contributed by atoms with E-state index in [0.29, 0.717) is 37.9 Å². The molecule has 0 atom stereocenters. The second-order valence-corrected chi connectivity index (χ2v) is 8.05. The third-order valence-electron chi connectivity index (χ3n) is 4.35. The van der Waals surface area contributed by atoms with Crippen LogP contribution in [-0.2, 0) is 23.2 Å². The van der Waals surface area contributed by atoms with E-state index in [1.165, 1.54) is 0 Å². The number of carbonyl (C=O) groups is 2. The fourth-order valence-electron chi connectivity index (χ4n) is 3.00. The molecular formula is C21H37N3O2. The Morgan fingerprint density at radius 1 is 1.04 bits per heavy atom. The van der Waals surface area contributed by atoms with Crippen molar-refractivity contribution in [2.24, 2.45) is 18.9 Å². The van der Waals surface area contributed by atoms with E-state index in [0.717, 1.165) is 18.5 Å². The minimum atomic E-state index is 0.0328. The Morgan fingerprint density at radius 3 is 2.15 bits per heavy atom. The summed E-state index contributed by atoms with van der Waals surface area (Å²) >= 11 is 0. The van der Waals surface area contributed by atoms with Crippen LogP contribution in [0.1, 0.15) is 59.6 Å². The molecule has 0 aliphatic heterocycles. The molecule has 0 unspecified atom stereocenters. The Morgan fingerprint density at radius 2 is 1.65 bits per heavy atom. The van der Waals surface area contributed by atoms with Crippen LogP contribution in [0.2, 0.25) is 0 Å². The number of rotatable bonds is 11. The second-order valence-electron chi connectivity index (χ2n) is 8.05. The lowest BCUT2D eigenvalue weighted by molar-refractivity contribution is -0.141. The zero-order chi connectivity index (χ0) is 19.7. The lowest BCUT2D eigenvalue weighted by Gasteiger charge is -2.30. The maximum absolute atomic E-state index is 13.0. The van der Waals surface area contributed by atoms with Gasteiger partial charge in [0.25, 0.3) is 0 Å². The molecular weight excluding hydrogens is 326 g/mol. The minimum absolute atomic E-state index is 0.0328. The van der Waals surface area contributed by atoms with Gasteiger partial charge in [0.05, 0.1) is 13.1 Å². The largest absolute Gasteiger partial charge is 0.353 e. The molecule has 5 heteroatoms. The Balaban J connectivity index is 2.85. The number of unbranched alkanes of at least 4 members (excludes halogenated alkanes) is 1. The quantitative estimate of drug-likeness (QED) is 0.602. The Hall–Kier alpha value is -1.78. The summed E-state index contributed by atoms with van der Waals surface area (Å²) in [7, 11) is 1.99. The minimum Gasteiger partial charge on any atom is -0.353 e. The number of amides is 2. The van der Waals surface area contributed by atoms with Crippen molar-refractivity contribution in [1.82, 2.24) is 14.4 Å². The summed E-state index contributed by atoms with van der Waals surface area (Å²) in [6.45, 7) is 12.6. The lowest BCUT2D eigenvalue weighted by atomic mass is 10.1. The van der Waals surface area contributed by atoms with E-state index >= 15 is 0 Å². The first-order valence-electron chi connectivity index (χ1n) is 9.90. The van der Waals surface area contributed by atoms with Crippen molar-refractivity contribution in [2.75, 3.05) is 19.6 Å². The molecule has 0 saturated heterocycles. The van der Waals surface area contributed by atoms with Gasteiger partial charge in [0.15, 0.2) is 0 Å². The van der Waals surface area contributed by atoms with Crippen LogP contribution in [0, 0.1) is 11.8 Å². The molecule has 0 bridgehead atoms. The van der Waals surface area contributed by atoms with Crippen LogP contribution >= 0.6 is 0 Å². The van der Waals surface area contributed by atoms with Gasteiger partial charge >= 0.3 is 0 Å². The highest BCUT2D eigenvalue weighted by atomic mass is 16.2. The highest BCUT2D eigenvalue weighted by Gasteiger charge is 2.23. The number of nitrogens with zero attached hydrogens (tertiary/aromatic N) is 3. The predicted molar refractivity (Wildman–Crippen MR) is 107 cm³/mol. The molecule has 5 nitrogen and oxygen atoms in total. The topological polar surface area (TPSA) is 45.6 Å². The molecule has 1 rings (SSSR count). The van der Waals surface area contributed by atoms with Gasteiger partial charge in [-0.3, -0.25) is 9.59 Å². The van der Waals surface area contributed by atoms with Gasteiger partial charge in [-0.25, -0.2) is 0 Å². The van der Waals surface area contributed by atoms with Crippen molar-refractivity contribution in [3.8, 4) is 0 Å². The summed E-state index contributed by atoms with van der Waals surface area (Å²) in [5.74, 6) is 0.857. The summed E-state index contributed by atoms with van der Waals surface area (Å²) in [6, 6.07) is 4.03. The third kappa shape index (κ3) is 7.63. The van der Waals surface area contributed by atoms with Crippen LogP contribution < -0.4 is 0 Å². The van der Waals surface area contributed by atoms with Crippen LogP contribution in [0.5, 0.6) is 0 Å². The van der Waals surface area contributed by atoms with Crippen molar-refractivity contribution in [3.63, 3.8) is 0 Å². The molecule has 1 aromatic heterocycles. The zero-order valence-electron chi connectivity index (χ0n) is 17.5. The van der Waals surface area contributed by atoms with Gasteiger partial charge < -0.3 is 14.4 Å². The number of aryl methyl sites for hydroxylation is 1. The van der Waals surface area contributed by atoms with Crippen molar-refractivity contribution in [3.05, 3.63) is 24.0 Å². The molecule has 0 aliphatic carbocycles. The monoisotopic (exact) mass is 363 g/mol. The molecule has 26 heavy (non-hydrogen) atoms. The summed E-state index contributed by atoms with van der Waals surface area (Å²) < 4.78 is 2.04. The molecule has 0 spiro atoms. The molecule has 0 saturated carbocycles. The predicted octanol–water partition coefficient (Wildman–Crippen LogP) is 3.68. The van der Waals surface area contributed by atoms with Crippen LogP contribution in [0.4, 0.5) is 0 Å². The van der Waals surface area contributed by atoms with Crippen LogP contribution in [0.15, 0.2) is 18.3 Å². The fourth-order valence-corrected chi connectivity index (χ4v) is 3.00. The normalized spacial score (nSPS) is 11.2.